The lowest BCUT2D eigenvalue weighted by molar-refractivity contribution is -0.137. The fraction of sp³-hybridized carbons (Fsp3) is 0.130. The van der Waals surface area contributed by atoms with E-state index >= 15 is 0 Å². The van der Waals surface area contributed by atoms with Crippen molar-refractivity contribution in [1.29, 1.82) is 0 Å². The number of hydrogen-bond acceptors (Lipinski definition) is 5. The second-order valence-corrected chi connectivity index (χ2v) is 7.10. The van der Waals surface area contributed by atoms with E-state index in [1.165, 1.54) is 0 Å². The molecule has 0 spiro atoms. The fourth-order valence-electron chi connectivity index (χ4n) is 3.68. The Labute approximate surface area is 174 Å². The Morgan fingerprint density at radius 3 is 2.53 bits per heavy atom. The van der Waals surface area contributed by atoms with Crippen LogP contribution in [0.5, 0.6) is 0 Å². The number of nitrogen functional groups attached to an aromatic ring is 1. The SMILES string of the molecule is Nc1ccccc1C(=O)Nc1ccc2c(c1)N(C(CC(=O)O)c1ccccc1)CN2. The van der Waals surface area contributed by atoms with Crippen LogP contribution in [0.15, 0.2) is 72.8 Å². The predicted octanol–water partition coefficient (Wildman–Crippen LogP) is 3.93. The van der Waals surface area contributed by atoms with E-state index in [0.717, 1.165) is 16.9 Å². The number of rotatable bonds is 6. The molecule has 0 fully saturated rings. The van der Waals surface area contributed by atoms with Crippen molar-refractivity contribution >= 4 is 34.6 Å². The minimum absolute atomic E-state index is 0.0394. The molecule has 0 aliphatic carbocycles. The highest BCUT2D eigenvalue weighted by molar-refractivity contribution is 6.08. The van der Waals surface area contributed by atoms with Gasteiger partial charge in [-0.3, -0.25) is 9.59 Å². The average molecular weight is 402 g/mol. The minimum atomic E-state index is -0.874. The number of hydrogen-bond donors (Lipinski definition) is 4. The number of carboxylic acid groups (broad SMARTS) is 1. The van der Waals surface area contributed by atoms with Crippen molar-refractivity contribution in [2.24, 2.45) is 0 Å². The van der Waals surface area contributed by atoms with Crippen LogP contribution in [0, 0.1) is 0 Å². The van der Waals surface area contributed by atoms with Crippen LogP contribution >= 0.6 is 0 Å². The second-order valence-electron chi connectivity index (χ2n) is 7.10. The van der Waals surface area contributed by atoms with Gasteiger partial charge in [-0.05, 0) is 35.9 Å². The van der Waals surface area contributed by atoms with Gasteiger partial charge in [-0.1, -0.05) is 42.5 Å². The first-order valence-electron chi connectivity index (χ1n) is 9.60. The molecule has 3 aromatic carbocycles. The third-order valence-electron chi connectivity index (χ3n) is 5.14. The molecule has 152 valence electrons. The summed E-state index contributed by atoms with van der Waals surface area (Å²) < 4.78 is 0. The molecular formula is C23H22N4O3. The number of carbonyl (C=O) groups is 2. The van der Waals surface area contributed by atoms with Crippen LogP contribution in [0.1, 0.15) is 28.4 Å². The molecule has 7 nitrogen and oxygen atoms in total. The highest BCUT2D eigenvalue weighted by Crippen LogP contribution is 2.40. The number of fused-ring (bicyclic) bond motifs is 1. The lowest BCUT2D eigenvalue weighted by atomic mass is 10.0. The molecule has 3 aromatic rings. The summed E-state index contributed by atoms with van der Waals surface area (Å²) in [7, 11) is 0. The number of para-hydroxylation sites is 1. The molecule has 1 heterocycles. The summed E-state index contributed by atoms with van der Waals surface area (Å²) in [5.41, 5.74) is 9.97. The monoisotopic (exact) mass is 402 g/mol. The molecule has 0 radical (unpaired) electrons. The molecule has 0 saturated carbocycles. The number of carboxylic acids is 1. The second kappa shape index (κ2) is 8.16. The molecule has 7 heteroatoms. The van der Waals surface area contributed by atoms with Crippen LogP contribution in [0.4, 0.5) is 22.7 Å². The van der Waals surface area contributed by atoms with E-state index in [-0.39, 0.29) is 18.4 Å². The Hall–Kier alpha value is -4.00. The normalized spacial score (nSPS) is 13.3. The molecule has 1 atom stereocenters. The topological polar surface area (TPSA) is 108 Å². The van der Waals surface area contributed by atoms with E-state index in [0.29, 0.717) is 23.6 Å². The van der Waals surface area contributed by atoms with Gasteiger partial charge in [-0.25, -0.2) is 0 Å². The van der Waals surface area contributed by atoms with E-state index < -0.39 is 5.97 Å². The minimum Gasteiger partial charge on any atom is -0.481 e. The van der Waals surface area contributed by atoms with Crippen LogP contribution in [-0.4, -0.2) is 23.7 Å². The molecule has 30 heavy (non-hydrogen) atoms. The summed E-state index contributed by atoms with van der Waals surface area (Å²) in [4.78, 5) is 26.2. The maximum atomic E-state index is 12.6. The van der Waals surface area contributed by atoms with Gasteiger partial charge in [0.15, 0.2) is 0 Å². The van der Waals surface area contributed by atoms with Crippen molar-refractivity contribution in [3.8, 4) is 0 Å². The Bertz CT molecular complexity index is 1080. The van der Waals surface area contributed by atoms with Gasteiger partial charge < -0.3 is 26.4 Å². The van der Waals surface area contributed by atoms with Gasteiger partial charge in [0.2, 0.25) is 0 Å². The Morgan fingerprint density at radius 2 is 1.80 bits per heavy atom. The zero-order valence-corrected chi connectivity index (χ0v) is 16.2. The molecule has 5 N–H and O–H groups in total. The molecule has 0 bridgehead atoms. The summed E-state index contributed by atoms with van der Waals surface area (Å²) in [6.45, 7) is 0.477. The standard InChI is InChI=1S/C23H22N4O3/c24-18-9-5-4-8-17(18)23(30)26-16-10-11-19-21(12-16)27(14-25-19)20(13-22(28)29)15-6-2-1-3-7-15/h1-12,20,25H,13-14,24H2,(H,26,30)(H,28,29). The molecule has 1 aliphatic rings. The molecule has 1 aliphatic heterocycles. The zero-order valence-electron chi connectivity index (χ0n) is 16.2. The molecule has 0 aromatic heterocycles. The van der Waals surface area contributed by atoms with Crippen LogP contribution in [-0.2, 0) is 4.79 Å². The number of carbonyl (C=O) groups excluding carboxylic acids is 1. The third-order valence-corrected chi connectivity index (χ3v) is 5.14. The summed E-state index contributed by atoms with van der Waals surface area (Å²) in [6, 6.07) is 21.6. The molecular weight excluding hydrogens is 380 g/mol. The van der Waals surface area contributed by atoms with Gasteiger partial charge in [0, 0.05) is 11.4 Å². The van der Waals surface area contributed by atoms with Crippen molar-refractivity contribution in [3.63, 3.8) is 0 Å². The Morgan fingerprint density at radius 1 is 1.07 bits per heavy atom. The van der Waals surface area contributed by atoms with Crippen molar-refractivity contribution in [2.45, 2.75) is 12.5 Å². The van der Waals surface area contributed by atoms with E-state index in [1.807, 2.05) is 47.4 Å². The average Bonchev–Trinajstić information content (AvgIpc) is 3.16. The van der Waals surface area contributed by atoms with E-state index in [2.05, 4.69) is 10.6 Å². The van der Waals surface area contributed by atoms with Gasteiger partial charge in [0.25, 0.3) is 5.91 Å². The van der Waals surface area contributed by atoms with Gasteiger partial charge in [0.1, 0.15) is 0 Å². The first-order chi connectivity index (χ1) is 14.5. The Kier molecular flexibility index (Phi) is 5.26. The van der Waals surface area contributed by atoms with E-state index in [1.54, 1.807) is 30.3 Å². The van der Waals surface area contributed by atoms with Gasteiger partial charge >= 0.3 is 5.97 Å². The predicted molar refractivity (Wildman–Crippen MR) is 118 cm³/mol. The third kappa shape index (κ3) is 3.91. The van der Waals surface area contributed by atoms with Crippen molar-refractivity contribution in [3.05, 3.63) is 83.9 Å². The van der Waals surface area contributed by atoms with Crippen LogP contribution in [0.3, 0.4) is 0 Å². The number of anilines is 4. The van der Waals surface area contributed by atoms with Crippen molar-refractivity contribution in [2.75, 3.05) is 27.9 Å². The summed E-state index contributed by atoms with van der Waals surface area (Å²) >= 11 is 0. The molecule has 4 rings (SSSR count). The largest absolute Gasteiger partial charge is 0.481 e. The van der Waals surface area contributed by atoms with Crippen molar-refractivity contribution < 1.29 is 14.7 Å². The maximum Gasteiger partial charge on any atom is 0.305 e. The van der Waals surface area contributed by atoms with Gasteiger partial charge in [-0.15, -0.1) is 0 Å². The van der Waals surface area contributed by atoms with Gasteiger partial charge in [-0.2, -0.15) is 0 Å². The quantitative estimate of drug-likeness (QED) is 0.466. The number of amides is 1. The van der Waals surface area contributed by atoms with Crippen LogP contribution in [0.25, 0.3) is 0 Å². The zero-order chi connectivity index (χ0) is 21.1. The van der Waals surface area contributed by atoms with E-state index in [4.69, 9.17) is 5.73 Å². The first-order valence-corrected chi connectivity index (χ1v) is 9.60. The number of aliphatic carboxylic acids is 1. The highest BCUT2D eigenvalue weighted by Gasteiger charge is 2.29. The summed E-state index contributed by atoms with van der Waals surface area (Å²) in [6.07, 6.45) is -0.0394. The fourth-order valence-corrected chi connectivity index (χ4v) is 3.68. The number of nitrogens with zero attached hydrogens (tertiary/aromatic N) is 1. The van der Waals surface area contributed by atoms with E-state index in [9.17, 15) is 14.7 Å². The lowest BCUT2D eigenvalue weighted by Gasteiger charge is -2.29. The summed E-state index contributed by atoms with van der Waals surface area (Å²) in [5.74, 6) is -1.17. The molecule has 1 amide bonds. The first kappa shape index (κ1) is 19.3. The van der Waals surface area contributed by atoms with Gasteiger partial charge in [0.05, 0.1) is 36.1 Å². The number of nitrogens with one attached hydrogen (secondary N) is 2. The number of nitrogens with two attached hydrogens (primary N) is 1. The number of benzene rings is 3. The summed E-state index contributed by atoms with van der Waals surface area (Å²) in [5, 5.41) is 15.6. The molecule has 1 unspecified atom stereocenters. The van der Waals surface area contributed by atoms with Crippen LogP contribution in [0.2, 0.25) is 0 Å². The smallest absolute Gasteiger partial charge is 0.305 e. The molecule has 0 saturated heterocycles. The highest BCUT2D eigenvalue weighted by atomic mass is 16.4. The van der Waals surface area contributed by atoms with Crippen molar-refractivity contribution in [1.82, 2.24) is 0 Å². The lowest BCUT2D eigenvalue weighted by Crippen LogP contribution is -2.30. The van der Waals surface area contributed by atoms with Crippen LogP contribution < -0.4 is 21.3 Å². The Balaban J connectivity index is 1.63. The maximum absolute atomic E-state index is 12.6.